The van der Waals surface area contributed by atoms with Crippen LogP contribution in [-0.2, 0) is 13.2 Å². The first-order valence-corrected chi connectivity index (χ1v) is 6.82. The van der Waals surface area contributed by atoms with Gasteiger partial charge in [-0.25, -0.2) is 0 Å². The lowest BCUT2D eigenvalue weighted by Crippen LogP contribution is -1.93. The molecular weight excluding hydrogens is 264 g/mol. The molecule has 0 fully saturated rings. The average molecular weight is 280 g/mol. The van der Waals surface area contributed by atoms with Gasteiger partial charge in [0, 0.05) is 0 Å². The van der Waals surface area contributed by atoms with E-state index < -0.39 is 0 Å². The van der Waals surface area contributed by atoms with E-state index in [0.717, 1.165) is 11.3 Å². The Morgan fingerprint density at radius 2 is 1.43 bits per heavy atom. The molecule has 0 bridgehead atoms. The van der Waals surface area contributed by atoms with Crippen molar-refractivity contribution < 1.29 is 14.3 Å². The van der Waals surface area contributed by atoms with E-state index in [9.17, 15) is 0 Å². The maximum absolute atomic E-state index is 8.94. The molecule has 3 heteroatoms. The molecule has 0 unspecified atom stereocenters. The van der Waals surface area contributed by atoms with Gasteiger partial charge in [-0.2, -0.15) is 0 Å². The van der Waals surface area contributed by atoms with Crippen molar-refractivity contribution in [3.05, 3.63) is 78.3 Å². The van der Waals surface area contributed by atoms with Gasteiger partial charge in [-0.1, -0.05) is 42.5 Å². The number of aliphatic hydroxyl groups is 1. The van der Waals surface area contributed by atoms with Gasteiger partial charge in [-0.3, -0.25) is 0 Å². The summed E-state index contributed by atoms with van der Waals surface area (Å²) in [5.74, 6) is 2.04. The molecule has 0 amide bonds. The highest BCUT2D eigenvalue weighted by atomic mass is 16.5. The summed E-state index contributed by atoms with van der Waals surface area (Å²) >= 11 is 0. The second-order valence-electron chi connectivity index (χ2n) is 4.71. The summed E-state index contributed by atoms with van der Waals surface area (Å²) in [6, 6.07) is 21.7. The zero-order chi connectivity index (χ0) is 14.5. The number of hydrogen-bond donors (Lipinski definition) is 1. The first kappa shape index (κ1) is 13.5. The van der Waals surface area contributed by atoms with Crippen LogP contribution in [0.1, 0.15) is 11.5 Å². The second-order valence-corrected chi connectivity index (χ2v) is 4.71. The number of ether oxygens (including phenoxy) is 1. The summed E-state index contributed by atoms with van der Waals surface area (Å²) in [4.78, 5) is 0. The first-order chi connectivity index (χ1) is 10.3. The van der Waals surface area contributed by atoms with Crippen LogP contribution in [0.15, 0.2) is 71.1 Å². The zero-order valence-corrected chi connectivity index (χ0v) is 11.5. The van der Waals surface area contributed by atoms with E-state index >= 15 is 0 Å². The first-order valence-electron chi connectivity index (χ1n) is 6.82. The standard InChI is InChI=1S/C18H16O3/c19-12-17-10-11-18(21-17)13-20-16-8-6-15(7-9-16)14-4-2-1-3-5-14/h1-11,19H,12-13H2. The van der Waals surface area contributed by atoms with Crippen molar-refractivity contribution in [3.63, 3.8) is 0 Å². The summed E-state index contributed by atoms with van der Waals surface area (Å²) in [6.07, 6.45) is 0. The fraction of sp³-hybridized carbons (Fsp3) is 0.111. The maximum Gasteiger partial charge on any atom is 0.146 e. The van der Waals surface area contributed by atoms with Gasteiger partial charge in [0.25, 0.3) is 0 Å². The molecule has 0 radical (unpaired) electrons. The smallest absolute Gasteiger partial charge is 0.146 e. The lowest BCUT2D eigenvalue weighted by Gasteiger charge is -2.06. The van der Waals surface area contributed by atoms with Crippen molar-refractivity contribution in [2.45, 2.75) is 13.2 Å². The molecule has 1 heterocycles. The van der Waals surface area contributed by atoms with Gasteiger partial charge in [0.15, 0.2) is 0 Å². The van der Waals surface area contributed by atoms with Crippen molar-refractivity contribution in [1.82, 2.24) is 0 Å². The van der Waals surface area contributed by atoms with Crippen LogP contribution in [0.3, 0.4) is 0 Å². The zero-order valence-electron chi connectivity index (χ0n) is 11.5. The minimum Gasteiger partial charge on any atom is -0.486 e. The minimum atomic E-state index is -0.0915. The van der Waals surface area contributed by atoms with E-state index in [2.05, 4.69) is 12.1 Å². The van der Waals surface area contributed by atoms with E-state index in [1.165, 1.54) is 5.56 Å². The lowest BCUT2D eigenvalue weighted by atomic mass is 10.1. The Labute approximate surface area is 123 Å². The van der Waals surface area contributed by atoms with Crippen LogP contribution in [0.4, 0.5) is 0 Å². The van der Waals surface area contributed by atoms with Crippen LogP contribution in [0.2, 0.25) is 0 Å². The van der Waals surface area contributed by atoms with Crippen molar-refractivity contribution in [3.8, 4) is 16.9 Å². The highest BCUT2D eigenvalue weighted by molar-refractivity contribution is 5.63. The molecule has 3 rings (SSSR count). The summed E-state index contributed by atoms with van der Waals surface area (Å²) in [6.45, 7) is 0.260. The van der Waals surface area contributed by atoms with E-state index in [1.807, 2.05) is 48.5 Å². The molecule has 0 aliphatic carbocycles. The monoisotopic (exact) mass is 280 g/mol. The fourth-order valence-electron chi connectivity index (χ4n) is 2.11. The maximum atomic E-state index is 8.94. The highest BCUT2D eigenvalue weighted by Crippen LogP contribution is 2.22. The van der Waals surface area contributed by atoms with Crippen LogP contribution < -0.4 is 4.74 Å². The number of furan rings is 1. The Morgan fingerprint density at radius 3 is 2.10 bits per heavy atom. The lowest BCUT2D eigenvalue weighted by molar-refractivity contribution is 0.225. The van der Waals surface area contributed by atoms with Gasteiger partial charge in [-0.05, 0) is 35.4 Å². The Morgan fingerprint density at radius 1 is 0.762 bits per heavy atom. The molecule has 0 aliphatic heterocycles. The molecule has 1 N–H and O–H groups in total. The van der Waals surface area contributed by atoms with E-state index in [4.69, 9.17) is 14.3 Å². The molecule has 3 nitrogen and oxygen atoms in total. The third-order valence-electron chi connectivity index (χ3n) is 3.22. The van der Waals surface area contributed by atoms with Gasteiger partial charge in [-0.15, -0.1) is 0 Å². The molecule has 0 atom stereocenters. The Kier molecular flexibility index (Phi) is 4.03. The molecule has 3 aromatic rings. The Hall–Kier alpha value is -2.52. The molecule has 106 valence electrons. The van der Waals surface area contributed by atoms with Crippen LogP contribution in [0.5, 0.6) is 5.75 Å². The van der Waals surface area contributed by atoms with Crippen molar-refractivity contribution >= 4 is 0 Å². The summed E-state index contributed by atoms with van der Waals surface area (Å²) in [5.41, 5.74) is 2.34. The Balaban J connectivity index is 1.64. The minimum absolute atomic E-state index is 0.0915. The number of hydrogen-bond acceptors (Lipinski definition) is 3. The van der Waals surface area contributed by atoms with Crippen LogP contribution in [0, 0.1) is 0 Å². The van der Waals surface area contributed by atoms with Crippen molar-refractivity contribution in [2.75, 3.05) is 0 Å². The molecule has 0 saturated heterocycles. The van der Waals surface area contributed by atoms with Gasteiger partial charge >= 0.3 is 0 Å². The van der Waals surface area contributed by atoms with Crippen LogP contribution in [-0.4, -0.2) is 5.11 Å². The van der Waals surface area contributed by atoms with Gasteiger partial charge in [0.05, 0.1) is 0 Å². The molecular formula is C18H16O3. The van der Waals surface area contributed by atoms with Crippen molar-refractivity contribution in [1.29, 1.82) is 0 Å². The van der Waals surface area contributed by atoms with Crippen LogP contribution >= 0.6 is 0 Å². The normalized spacial score (nSPS) is 10.5. The number of aliphatic hydroxyl groups excluding tert-OH is 1. The topological polar surface area (TPSA) is 42.6 Å². The highest BCUT2D eigenvalue weighted by Gasteiger charge is 2.03. The molecule has 0 saturated carbocycles. The molecule has 0 aliphatic rings. The van der Waals surface area contributed by atoms with Gasteiger partial charge in [0.1, 0.15) is 30.5 Å². The second kappa shape index (κ2) is 6.29. The summed E-state index contributed by atoms with van der Waals surface area (Å²) in [5, 5.41) is 8.94. The van der Waals surface area contributed by atoms with E-state index in [0.29, 0.717) is 18.1 Å². The summed E-state index contributed by atoms with van der Waals surface area (Å²) in [7, 11) is 0. The molecule has 2 aromatic carbocycles. The Bertz CT molecular complexity index is 684. The van der Waals surface area contributed by atoms with E-state index in [1.54, 1.807) is 6.07 Å². The van der Waals surface area contributed by atoms with E-state index in [-0.39, 0.29) is 6.61 Å². The number of benzene rings is 2. The van der Waals surface area contributed by atoms with Crippen molar-refractivity contribution in [2.24, 2.45) is 0 Å². The average Bonchev–Trinajstić information content (AvgIpc) is 3.02. The molecule has 21 heavy (non-hydrogen) atoms. The molecule has 0 spiro atoms. The van der Waals surface area contributed by atoms with Gasteiger partial charge < -0.3 is 14.3 Å². The quantitative estimate of drug-likeness (QED) is 0.767. The summed E-state index contributed by atoms with van der Waals surface area (Å²) < 4.78 is 11.0. The third-order valence-corrected chi connectivity index (χ3v) is 3.22. The van der Waals surface area contributed by atoms with Gasteiger partial charge in [0.2, 0.25) is 0 Å². The largest absolute Gasteiger partial charge is 0.486 e. The number of rotatable bonds is 5. The SMILES string of the molecule is OCc1ccc(COc2ccc(-c3ccccc3)cc2)o1. The third kappa shape index (κ3) is 3.33. The fourth-order valence-corrected chi connectivity index (χ4v) is 2.11. The predicted octanol–water partition coefficient (Wildman–Crippen LogP) is 4.02. The van der Waals surface area contributed by atoms with Crippen LogP contribution in [0.25, 0.3) is 11.1 Å². The predicted molar refractivity (Wildman–Crippen MR) is 80.8 cm³/mol. The molecule has 1 aromatic heterocycles.